The van der Waals surface area contributed by atoms with Crippen LogP contribution in [0.15, 0.2) is 29.7 Å². The van der Waals surface area contributed by atoms with Crippen molar-refractivity contribution in [3.63, 3.8) is 0 Å². The topological polar surface area (TPSA) is 30.7 Å². The van der Waals surface area contributed by atoms with Crippen molar-refractivity contribution in [3.8, 4) is 0 Å². The van der Waals surface area contributed by atoms with Crippen molar-refractivity contribution in [3.05, 3.63) is 41.7 Å². The molecular formula is C12H11F2N3S. The van der Waals surface area contributed by atoms with E-state index in [1.807, 2.05) is 4.57 Å². The molecule has 0 unspecified atom stereocenters. The summed E-state index contributed by atoms with van der Waals surface area (Å²) in [6.07, 6.45) is 3.97. The van der Waals surface area contributed by atoms with Crippen LogP contribution in [0.4, 0.5) is 8.78 Å². The minimum absolute atomic E-state index is 0.352. The van der Waals surface area contributed by atoms with Crippen LogP contribution < -0.4 is 0 Å². The molecule has 1 heterocycles. The number of nitrogens with zero attached hydrogens (tertiary/aromatic N) is 3. The first-order chi connectivity index (χ1) is 8.75. The largest absolute Gasteiger partial charge is 0.306 e. The van der Waals surface area contributed by atoms with Crippen LogP contribution in [-0.4, -0.2) is 14.8 Å². The van der Waals surface area contributed by atoms with Crippen molar-refractivity contribution >= 4 is 11.8 Å². The van der Waals surface area contributed by atoms with Crippen LogP contribution in [0.1, 0.15) is 24.4 Å². The molecule has 18 heavy (non-hydrogen) atoms. The molecule has 3 rings (SSSR count). The highest BCUT2D eigenvalue weighted by Crippen LogP contribution is 2.37. The summed E-state index contributed by atoms with van der Waals surface area (Å²) in [6, 6.07) is 4.71. The SMILES string of the molecule is Fc1cccc(CSc2nncn2C2CC2)c1F. The third-order valence-corrected chi connectivity index (χ3v) is 3.87. The van der Waals surface area contributed by atoms with Gasteiger partial charge in [0.05, 0.1) is 0 Å². The second-order valence-corrected chi connectivity index (χ2v) is 5.20. The highest BCUT2D eigenvalue weighted by atomic mass is 32.2. The van der Waals surface area contributed by atoms with E-state index in [-0.39, 0.29) is 0 Å². The summed E-state index contributed by atoms with van der Waals surface area (Å²) in [4.78, 5) is 0. The summed E-state index contributed by atoms with van der Waals surface area (Å²) in [7, 11) is 0. The van der Waals surface area contributed by atoms with Crippen LogP contribution in [0, 0.1) is 11.6 Å². The van der Waals surface area contributed by atoms with Gasteiger partial charge in [0.15, 0.2) is 16.8 Å². The Kier molecular flexibility index (Phi) is 3.03. The van der Waals surface area contributed by atoms with E-state index in [9.17, 15) is 8.78 Å². The second-order valence-electron chi connectivity index (χ2n) is 4.25. The molecule has 3 nitrogen and oxygen atoms in total. The van der Waals surface area contributed by atoms with Crippen LogP contribution in [0.3, 0.4) is 0 Å². The molecule has 0 radical (unpaired) electrons. The van der Waals surface area contributed by atoms with Crippen molar-refractivity contribution < 1.29 is 8.78 Å². The molecule has 0 amide bonds. The fourth-order valence-corrected chi connectivity index (χ4v) is 2.70. The minimum atomic E-state index is -0.809. The maximum Gasteiger partial charge on any atom is 0.191 e. The van der Waals surface area contributed by atoms with E-state index in [0.717, 1.165) is 24.1 Å². The first-order valence-electron chi connectivity index (χ1n) is 5.71. The van der Waals surface area contributed by atoms with E-state index in [1.165, 1.54) is 17.8 Å². The van der Waals surface area contributed by atoms with Crippen LogP contribution in [0.25, 0.3) is 0 Å². The Bertz CT molecular complexity index is 566. The molecule has 0 saturated heterocycles. The maximum atomic E-state index is 13.5. The maximum absolute atomic E-state index is 13.5. The lowest BCUT2D eigenvalue weighted by molar-refractivity contribution is 0.502. The van der Waals surface area contributed by atoms with E-state index < -0.39 is 11.6 Å². The molecule has 2 aromatic rings. The zero-order valence-electron chi connectivity index (χ0n) is 9.51. The Balaban J connectivity index is 1.74. The molecule has 0 atom stereocenters. The summed E-state index contributed by atoms with van der Waals surface area (Å²) in [6.45, 7) is 0. The van der Waals surface area contributed by atoms with Crippen LogP contribution >= 0.6 is 11.8 Å². The van der Waals surface area contributed by atoms with Gasteiger partial charge in [-0.15, -0.1) is 10.2 Å². The lowest BCUT2D eigenvalue weighted by Gasteiger charge is -2.05. The number of rotatable bonds is 4. The molecule has 94 valence electrons. The molecule has 0 spiro atoms. The van der Waals surface area contributed by atoms with Crippen molar-refractivity contribution in [1.82, 2.24) is 14.8 Å². The van der Waals surface area contributed by atoms with Crippen LogP contribution in [-0.2, 0) is 5.75 Å². The predicted molar refractivity (Wildman–Crippen MR) is 64.2 cm³/mol. The van der Waals surface area contributed by atoms with E-state index in [1.54, 1.807) is 12.4 Å². The summed E-state index contributed by atoms with van der Waals surface area (Å²) >= 11 is 1.38. The van der Waals surface area contributed by atoms with Crippen molar-refractivity contribution in [2.75, 3.05) is 0 Å². The molecule has 1 aliphatic carbocycles. The molecular weight excluding hydrogens is 256 g/mol. The van der Waals surface area contributed by atoms with Gasteiger partial charge in [-0.1, -0.05) is 23.9 Å². The van der Waals surface area contributed by atoms with Gasteiger partial charge in [0.25, 0.3) is 0 Å². The molecule has 0 bridgehead atoms. The molecule has 1 aliphatic rings. The monoisotopic (exact) mass is 267 g/mol. The molecule has 1 aromatic heterocycles. The first kappa shape index (κ1) is 11.6. The Hall–Kier alpha value is -1.43. The van der Waals surface area contributed by atoms with Crippen molar-refractivity contribution in [2.45, 2.75) is 29.8 Å². The van der Waals surface area contributed by atoms with Gasteiger partial charge in [-0.3, -0.25) is 0 Å². The normalized spacial score (nSPS) is 15.0. The van der Waals surface area contributed by atoms with Gasteiger partial charge < -0.3 is 4.57 Å². The summed E-state index contributed by atoms with van der Waals surface area (Å²) in [5.41, 5.74) is 0.352. The Morgan fingerprint density at radius 3 is 2.94 bits per heavy atom. The first-order valence-corrected chi connectivity index (χ1v) is 6.69. The van der Waals surface area contributed by atoms with Crippen molar-refractivity contribution in [2.24, 2.45) is 0 Å². The van der Waals surface area contributed by atoms with E-state index in [2.05, 4.69) is 10.2 Å². The summed E-state index contributed by atoms with van der Waals surface area (Å²) < 4.78 is 28.5. The van der Waals surface area contributed by atoms with Crippen molar-refractivity contribution in [1.29, 1.82) is 0 Å². The van der Waals surface area contributed by atoms with Crippen LogP contribution in [0.2, 0.25) is 0 Å². The third-order valence-electron chi connectivity index (χ3n) is 2.87. The van der Waals surface area contributed by atoms with Gasteiger partial charge in [-0.25, -0.2) is 8.78 Å². The Morgan fingerprint density at radius 2 is 2.17 bits per heavy atom. The Morgan fingerprint density at radius 1 is 1.33 bits per heavy atom. The van der Waals surface area contributed by atoms with E-state index >= 15 is 0 Å². The molecule has 1 saturated carbocycles. The van der Waals surface area contributed by atoms with Gasteiger partial charge in [0.1, 0.15) is 6.33 Å². The molecule has 1 fully saturated rings. The average Bonchev–Trinajstić information content (AvgIpc) is 3.11. The molecule has 6 heteroatoms. The smallest absolute Gasteiger partial charge is 0.191 e. The quantitative estimate of drug-likeness (QED) is 0.797. The number of hydrogen-bond acceptors (Lipinski definition) is 3. The summed E-state index contributed by atoms with van der Waals surface area (Å²) in [5.74, 6) is -1.23. The number of benzene rings is 1. The highest BCUT2D eigenvalue weighted by Gasteiger charge is 2.26. The standard InChI is InChI=1S/C12H11F2N3S/c13-10-3-1-2-8(11(10)14)6-18-12-16-15-7-17(12)9-4-5-9/h1-3,7,9H,4-6H2. The zero-order valence-corrected chi connectivity index (χ0v) is 10.3. The fraction of sp³-hybridized carbons (Fsp3) is 0.333. The average molecular weight is 267 g/mol. The number of halogens is 2. The predicted octanol–water partition coefficient (Wildman–Crippen LogP) is 3.18. The second kappa shape index (κ2) is 4.68. The number of hydrogen-bond donors (Lipinski definition) is 0. The number of aromatic nitrogens is 3. The molecule has 0 aliphatic heterocycles. The highest BCUT2D eigenvalue weighted by molar-refractivity contribution is 7.98. The lowest BCUT2D eigenvalue weighted by atomic mass is 10.2. The van der Waals surface area contributed by atoms with E-state index in [0.29, 0.717) is 17.4 Å². The van der Waals surface area contributed by atoms with Gasteiger partial charge in [0.2, 0.25) is 0 Å². The van der Waals surface area contributed by atoms with Crippen LogP contribution in [0.5, 0.6) is 0 Å². The summed E-state index contributed by atoms with van der Waals surface area (Å²) in [5, 5.41) is 8.63. The zero-order chi connectivity index (χ0) is 12.5. The van der Waals surface area contributed by atoms with Gasteiger partial charge in [-0.05, 0) is 18.9 Å². The third kappa shape index (κ3) is 2.25. The molecule has 1 aromatic carbocycles. The van der Waals surface area contributed by atoms with Gasteiger partial charge in [0, 0.05) is 17.4 Å². The van der Waals surface area contributed by atoms with E-state index in [4.69, 9.17) is 0 Å². The minimum Gasteiger partial charge on any atom is -0.306 e. The van der Waals surface area contributed by atoms with Gasteiger partial charge in [-0.2, -0.15) is 0 Å². The fourth-order valence-electron chi connectivity index (χ4n) is 1.74. The number of thioether (sulfide) groups is 1. The lowest BCUT2D eigenvalue weighted by Crippen LogP contribution is -1.96. The Labute approximate surface area is 107 Å². The van der Waals surface area contributed by atoms with Gasteiger partial charge >= 0.3 is 0 Å². The molecule has 0 N–H and O–H groups in total.